The summed E-state index contributed by atoms with van der Waals surface area (Å²) < 4.78 is 2.11. The summed E-state index contributed by atoms with van der Waals surface area (Å²) in [6.45, 7) is 10.1. The minimum Gasteiger partial charge on any atom is -0.307 e. The van der Waals surface area contributed by atoms with Gasteiger partial charge in [-0.3, -0.25) is 4.68 Å². The smallest absolute Gasteiger partial charge is 0.0522 e. The average molecular weight is 264 g/mol. The zero-order valence-corrected chi connectivity index (χ0v) is 12.4. The molecule has 4 heteroatoms. The van der Waals surface area contributed by atoms with Crippen LogP contribution >= 0.6 is 0 Å². The third kappa shape index (κ3) is 4.62. The third-order valence-corrected chi connectivity index (χ3v) is 3.85. The van der Waals surface area contributed by atoms with Crippen molar-refractivity contribution in [3.8, 4) is 0 Å². The van der Waals surface area contributed by atoms with Crippen LogP contribution < -0.4 is 5.32 Å². The van der Waals surface area contributed by atoms with Crippen molar-refractivity contribution in [3.63, 3.8) is 0 Å². The van der Waals surface area contributed by atoms with Crippen LogP contribution in [-0.4, -0.2) is 40.4 Å². The van der Waals surface area contributed by atoms with Crippen molar-refractivity contribution in [1.82, 2.24) is 20.0 Å². The van der Waals surface area contributed by atoms with Crippen molar-refractivity contribution in [1.29, 1.82) is 0 Å². The largest absolute Gasteiger partial charge is 0.307 e. The lowest BCUT2D eigenvalue weighted by Gasteiger charge is -2.29. The van der Waals surface area contributed by atoms with Crippen LogP contribution in [0.1, 0.15) is 45.2 Å². The fraction of sp³-hybridized carbons (Fsp3) is 0.800. The SMILES string of the molecule is CCCn1nccc1CNC(C)CN1CCCCC1. The molecule has 0 amide bonds. The number of nitrogens with one attached hydrogen (secondary N) is 1. The van der Waals surface area contributed by atoms with E-state index in [2.05, 4.69) is 39.9 Å². The Bertz CT molecular complexity index is 355. The number of likely N-dealkylation sites (tertiary alicyclic amines) is 1. The van der Waals surface area contributed by atoms with E-state index in [1.165, 1.54) is 44.6 Å². The van der Waals surface area contributed by atoms with Crippen LogP contribution in [0.25, 0.3) is 0 Å². The molecule has 1 aromatic rings. The summed E-state index contributed by atoms with van der Waals surface area (Å²) in [7, 11) is 0. The molecule has 0 bridgehead atoms. The maximum absolute atomic E-state index is 4.37. The van der Waals surface area contributed by atoms with Gasteiger partial charge >= 0.3 is 0 Å². The van der Waals surface area contributed by atoms with E-state index in [0.29, 0.717) is 6.04 Å². The molecule has 0 aromatic carbocycles. The summed E-state index contributed by atoms with van der Waals surface area (Å²) in [5.74, 6) is 0. The number of piperidine rings is 1. The van der Waals surface area contributed by atoms with Gasteiger partial charge in [-0.25, -0.2) is 0 Å². The first-order chi connectivity index (χ1) is 9.29. The van der Waals surface area contributed by atoms with Gasteiger partial charge in [-0.15, -0.1) is 0 Å². The zero-order chi connectivity index (χ0) is 13.5. The van der Waals surface area contributed by atoms with E-state index < -0.39 is 0 Å². The van der Waals surface area contributed by atoms with Crippen molar-refractivity contribution >= 4 is 0 Å². The molecule has 0 aliphatic carbocycles. The first-order valence-corrected chi connectivity index (χ1v) is 7.76. The highest BCUT2D eigenvalue weighted by atomic mass is 15.3. The maximum atomic E-state index is 4.37. The summed E-state index contributed by atoms with van der Waals surface area (Å²) in [5.41, 5.74) is 1.30. The van der Waals surface area contributed by atoms with Gasteiger partial charge < -0.3 is 10.2 Å². The number of hydrogen-bond donors (Lipinski definition) is 1. The monoisotopic (exact) mass is 264 g/mol. The van der Waals surface area contributed by atoms with E-state index >= 15 is 0 Å². The summed E-state index contributed by atoms with van der Waals surface area (Å²) in [4.78, 5) is 2.59. The van der Waals surface area contributed by atoms with E-state index in [1.54, 1.807) is 0 Å². The molecule has 0 radical (unpaired) electrons. The number of aromatic nitrogens is 2. The van der Waals surface area contributed by atoms with Crippen LogP contribution in [0.5, 0.6) is 0 Å². The highest BCUT2D eigenvalue weighted by molar-refractivity contribution is 5.00. The lowest BCUT2D eigenvalue weighted by Crippen LogP contribution is -2.41. The summed E-state index contributed by atoms with van der Waals surface area (Å²) in [5, 5.41) is 7.99. The Kier molecular flexibility index (Phi) is 5.86. The van der Waals surface area contributed by atoms with Gasteiger partial charge in [0.05, 0.1) is 5.69 Å². The van der Waals surface area contributed by atoms with E-state index in [4.69, 9.17) is 0 Å². The minimum absolute atomic E-state index is 0.545. The topological polar surface area (TPSA) is 33.1 Å². The molecule has 19 heavy (non-hydrogen) atoms. The summed E-state index contributed by atoms with van der Waals surface area (Å²) in [6, 6.07) is 2.67. The molecule has 0 saturated carbocycles. The molecule has 1 atom stereocenters. The standard InChI is InChI=1S/C15H28N4/c1-3-9-19-15(7-8-17-19)12-16-14(2)13-18-10-5-4-6-11-18/h7-8,14,16H,3-6,9-13H2,1-2H3. The first-order valence-electron chi connectivity index (χ1n) is 7.76. The molecule has 2 heterocycles. The fourth-order valence-electron chi connectivity index (χ4n) is 2.80. The molecule has 2 rings (SSSR count). The number of nitrogens with zero attached hydrogens (tertiary/aromatic N) is 3. The molecular formula is C15H28N4. The first kappa shape index (κ1) is 14.5. The maximum Gasteiger partial charge on any atom is 0.0522 e. The number of hydrogen-bond acceptors (Lipinski definition) is 3. The van der Waals surface area contributed by atoms with E-state index in [1.807, 2.05) is 6.20 Å². The third-order valence-electron chi connectivity index (χ3n) is 3.85. The summed E-state index contributed by atoms with van der Waals surface area (Å²) >= 11 is 0. The molecule has 1 saturated heterocycles. The number of rotatable bonds is 7. The summed E-state index contributed by atoms with van der Waals surface area (Å²) in [6.07, 6.45) is 7.19. The van der Waals surface area contributed by atoms with Gasteiger partial charge in [0, 0.05) is 31.9 Å². The highest BCUT2D eigenvalue weighted by Crippen LogP contribution is 2.09. The lowest BCUT2D eigenvalue weighted by molar-refractivity contribution is 0.208. The molecule has 1 aliphatic heterocycles. The van der Waals surface area contributed by atoms with Gasteiger partial charge in [-0.1, -0.05) is 13.3 Å². The van der Waals surface area contributed by atoms with Crippen LogP contribution in [-0.2, 0) is 13.1 Å². The van der Waals surface area contributed by atoms with E-state index in [0.717, 1.165) is 19.5 Å². The molecule has 1 unspecified atom stereocenters. The molecule has 1 aliphatic rings. The van der Waals surface area contributed by atoms with Crippen molar-refractivity contribution < 1.29 is 0 Å². The lowest BCUT2D eigenvalue weighted by atomic mass is 10.1. The Morgan fingerprint density at radius 2 is 2.11 bits per heavy atom. The van der Waals surface area contributed by atoms with Gasteiger partial charge in [0.15, 0.2) is 0 Å². The van der Waals surface area contributed by atoms with Crippen molar-refractivity contribution in [2.45, 2.75) is 58.7 Å². The van der Waals surface area contributed by atoms with Crippen molar-refractivity contribution in [3.05, 3.63) is 18.0 Å². The average Bonchev–Trinajstić information content (AvgIpc) is 2.85. The second kappa shape index (κ2) is 7.65. The van der Waals surface area contributed by atoms with Crippen LogP contribution in [0, 0.1) is 0 Å². The Morgan fingerprint density at radius 3 is 2.84 bits per heavy atom. The molecule has 1 N–H and O–H groups in total. The Balaban J connectivity index is 1.72. The quantitative estimate of drug-likeness (QED) is 0.820. The van der Waals surface area contributed by atoms with Gasteiger partial charge in [0.25, 0.3) is 0 Å². The molecule has 1 aromatic heterocycles. The van der Waals surface area contributed by atoms with Gasteiger partial charge in [0.1, 0.15) is 0 Å². The Hall–Kier alpha value is -0.870. The second-order valence-electron chi connectivity index (χ2n) is 5.69. The van der Waals surface area contributed by atoms with Crippen LogP contribution in [0.2, 0.25) is 0 Å². The molecule has 108 valence electrons. The van der Waals surface area contributed by atoms with E-state index in [9.17, 15) is 0 Å². The Labute approximate surface area is 117 Å². The van der Waals surface area contributed by atoms with Crippen molar-refractivity contribution in [2.75, 3.05) is 19.6 Å². The highest BCUT2D eigenvalue weighted by Gasteiger charge is 2.13. The normalized spacial score (nSPS) is 18.6. The van der Waals surface area contributed by atoms with Crippen LogP contribution in [0.4, 0.5) is 0 Å². The van der Waals surface area contributed by atoms with Crippen molar-refractivity contribution in [2.24, 2.45) is 0 Å². The molecule has 4 nitrogen and oxygen atoms in total. The van der Waals surface area contributed by atoms with Crippen LogP contribution in [0.15, 0.2) is 12.3 Å². The minimum atomic E-state index is 0.545. The fourth-order valence-corrected chi connectivity index (χ4v) is 2.80. The number of aryl methyl sites for hydroxylation is 1. The van der Waals surface area contributed by atoms with Gasteiger partial charge in [-0.05, 0) is 45.3 Å². The van der Waals surface area contributed by atoms with E-state index in [-0.39, 0.29) is 0 Å². The van der Waals surface area contributed by atoms with Gasteiger partial charge in [-0.2, -0.15) is 5.10 Å². The molecular weight excluding hydrogens is 236 g/mol. The second-order valence-corrected chi connectivity index (χ2v) is 5.69. The Morgan fingerprint density at radius 1 is 1.32 bits per heavy atom. The molecule has 1 fully saturated rings. The zero-order valence-electron chi connectivity index (χ0n) is 12.4. The van der Waals surface area contributed by atoms with Crippen LogP contribution in [0.3, 0.4) is 0 Å². The predicted octanol–water partition coefficient (Wildman–Crippen LogP) is 2.26. The predicted molar refractivity (Wildman–Crippen MR) is 79.1 cm³/mol. The molecule has 0 spiro atoms. The van der Waals surface area contributed by atoms with Gasteiger partial charge in [0.2, 0.25) is 0 Å².